The Hall–Kier alpha value is -3.65. The zero-order valence-corrected chi connectivity index (χ0v) is 20.3. The van der Waals surface area contributed by atoms with Gasteiger partial charge in [0.1, 0.15) is 5.75 Å². The molecule has 182 valence electrons. The molecular formula is C27H31N5O3. The molecule has 0 aliphatic carbocycles. The van der Waals surface area contributed by atoms with Crippen molar-refractivity contribution in [2.75, 3.05) is 39.8 Å². The summed E-state index contributed by atoms with van der Waals surface area (Å²) in [6.45, 7) is 6.92. The Labute approximate surface area is 205 Å². The van der Waals surface area contributed by atoms with Gasteiger partial charge in [0, 0.05) is 62.5 Å². The molecule has 2 amide bonds. The Bertz CT molecular complexity index is 1210. The number of nitrogens with one attached hydrogen (secondary N) is 1. The van der Waals surface area contributed by atoms with E-state index < -0.39 is 0 Å². The molecule has 1 fully saturated rings. The SMILES string of the molecule is COc1cccc(C(=O)N2CCc3[nH]nc(C(=O)N4CCN(Cc5ccc(C)cc5)CC4)c3C2)c1. The molecule has 8 heteroatoms. The van der Waals surface area contributed by atoms with Gasteiger partial charge in [-0.15, -0.1) is 0 Å². The van der Waals surface area contributed by atoms with Crippen LogP contribution in [0.2, 0.25) is 0 Å². The summed E-state index contributed by atoms with van der Waals surface area (Å²) in [6, 6.07) is 15.8. The molecule has 3 aromatic rings. The average Bonchev–Trinajstić information content (AvgIpc) is 3.33. The number of piperazine rings is 1. The molecule has 35 heavy (non-hydrogen) atoms. The first-order valence-electron chi connectivity index (χ1n) is 12.1. The van der Waals surface area contributed by atoms with Crippen molar-refractivity contribution in [3.8, 4) is 5.75 Å². The van der Waals surface area contributed by atoms with Crippen molar-refractivity contribution >= 4 is 11.8 Å². The summed E-state index contributed by atoms with van der Waals surface area (Å²) in [6.07, 6.45) is 0.648. The molecule has 2 aliphatic rings. The quantitative estimate of drug-likeness (QED) is 0.616. The smallest absolute Gasteiger partial charge is 0.274 e. The van der Waals surface area contributed by atoms with Crippen molar-refractivity contribution in [3.05, 3.63) is 82.2 Å². The van der Waals surface area contributed by atoms with Gasteiger partial charge in [0.25, 0.3) is 11.8 Å². The largest absolute Gasteiger partial charge is 0.497 e. The van der Waals surface area contributed by atoms with E-state index in [9.17, 15) is 9.59 Å². The molecule has 1 N–H and O–H groups in total. The van der Waals surface area contributed by atoms with E-state index in [-0.39, 0.29) is 11.8 Å². The standard InChI is InChI=1S/C27H31N5O3/c1-19-6-8-20(9-7-19)17-30-12-14-31(15-13-30)27(34)25-23-18-32(11-10-24(23)28-29-25)26(33)21-4-3-5-22(16-21)35-2/h3-9,16H,10-15,17-18H2,1-2H3,(H,28,29). The maximum Gasteiger partial charge on any atom is 0.274 e. The summed E-state index contributed by atoms with van der Waals surface area (Å²) < 4.78 is 5.26. The number of aromatic nitrogens is 2. The lowest BCUT2D eigenvalue weighted by Gasteiger charge is -2.35. The number of carbonyl (C=O) groups is 2. The van der Waals surface area contributed by atoms with Gasteiger partial charge in [0.2, 0.25) is 0 Å². The highest BCUT2D eigenvalue weighted by molar-refractivity contribution is 5.96. The predicted octanol–water partition coefficient (Wildman–Crippen LogP) is 2.88. The summed E-state index contributed by atoms with van der Waals surface area (Å²) in [7, 11) is 1.59. The number of benzene rings is 2. The van der Waals surface area contributed by atoms with E-state index in [4.69, 9.17) is 4.74 Å². The molecule has 8 nitrogen and oxygen atoms in total. The van der Waals surface area contributed by atoms with Gasteiger partial charge < -0.3 is 14.5 Å². The minimum atomic E-state index is -0.0705. The Morgan fingerprint density at radius 3 is 2.49 bits per heavy atom. The lowest BCUT2D eigenvalue weighted by molar-refractivity contribution is 0.0615. The summed E-state index contributed by atoms with van der Waals surface area (Å²) in [5.41, 5.74) is 5.34. The summed E-state index contributed by atoms with van der Waals surface area (Å²) in [5, 5.41) is 7.42. The Balaban J connectivity index is 1.23. The minimum Gasteiger partial charge on any atom is -0.497 e. The second kappa shape index (κ2) is 9.92. The van der Waals surface area contributed by atoms with Crippen molar-refractivity contribution in [3.63, 3.8) is 0 Å². The first-order valence-corrected chi connectivity index (χ1v) is 12.1. The van der Waals surface area contributed by atoms with Crippen LogP contribution in [0.3, 0.4) is 0 Å². The summed E-state index contributed by atoms with van der Waals surface area (Å²) >= 11 is 0. The van der Waals surface area contributed by atoms with Gasteiger partial charge in [-0.1, -0.05) is 35.9 Å². The first kappa shape index (κ1) is 23.1. The van der Waals surface area contributed by atoms with Gasteiger partial charge in [0.05, 0.1) is 13.7 Å². The van der Waals surface area contributed by atoms with Gasteiger partial charge in [-0.25, -0.2) is 0 Å². The van der Waals surface area contributed by atoms with Crippen LogP contribution in [0.25, 0.3) is 0 Å². The number of nitrogens with zero attached hydrogens (tertiary/aromatic N) is 4. The molecule has 0 radical (unpaired) electrons. The van der Waals surface area contributed by atoms with Crippen LogP contribution in [0.5, 0.6) is 5.75 Å². The van der Waals surface area contributed by atoms with E-state index in [1.165, 1.54) is 11.1 Å². The highest BCUT2D eigenvalue weighted by atomic mass is 16.5. The van der Waals surface area contributed by atoms with Crippen LogP contribution >= 0.6 is 0 Å². The number of carbonyl (C=O) groups excluding carboxylic acids is 2. The predicted molar refractivity (Wildman–Crippen MR) is 132 cm³/mol. The van der Waals surface area contributed by atoms with Crippen LogP contribution in [0.15, 0.2) is 48.5 Å². The van der Waals surface area contributed by atoms with Crippen LogP contribution < -0.4 is 4.74 Å². The molecule has 2 aromatic carbocycles. The molecule has 5 rings (SSSR count). The third-order valence-electron chi connectivity index (χ3n) is 6.93. The minimum absolute atomic E-state index is 0.0619. The third-order valence-corrected chi connectivity index (χ3v) is 6.93. The van der Waals surface area contributed by atoms with Crippen molar-refractivity contribution in [1.82, 2.24) is 24.9 Å². The molecule has 2 aliphatic heterocycles. The van der Waals surface area contributed by atoms with Crippen molar-refractivity contribution in [2.45, 2.75) is 26.4 Å². The van der Waals surface area contributed by atoms with E-state index in [1.807, 2.05) is 17.0 Å². The molecule has 1 saturated heterocycles. The van der Waals surface area contributed by atoms with Gasteiger partial charge >= 0.3 is 0 Å². The molecule has 0 saturated carbocycles. The van der Waals surface area contributed by atoms with Crippen molar-refractivity contribution < 1.29 is 14.3 Å². The Morgan fingerprint density at radius 1 is 0.971 bits per heavy atom. The lowest BCUT2D eigenvalue weighted by atomic mass is 10.0. The molecule has 1 aromatic heterocycles. The highest BCUT2D eigenvalue weighted by Gasteiger charge is 2.31. The molecule has 0 atom stereocenters. The van der Waals surface area contributed by atoms with Crippen LogP contribution in [-0.2, 0) is 19.5 Å². The number of rotatable bonds is 5. The maximum absolute atomic E-state index is 13.4. The number of amides is 2. The van der Waals surface area contributed by atoms with E-state index in [0.717, 1.165) is 30.9 Å². The topological polar surface area (TPSA) is 81.8 Å². The van der Waals surface area contributed by atoms with Gasteiger partial charge in [-0.3, -0.25) is 19.6 Å². The molecule has 0 spiro atoms. The van der Waals surface area contributed by atoms with E-state index in [2.05, 4.69) is 46.3 Å². The fraction of sp³-hybridized carbons (Fsp3) is 0.370. The zero-order chi connectivity index (χ0) is 24.4. The Kier molecular flexibility index (Phi) is 6.55. The average molecular weight is 474 g/mol. The summed E-state index contributed by atoms with van der Waals surface area (Å²) in [4.78, 5) is 32.5. The number of fused-ring (bicyclic) bond motifs is 1. The van der Waals surface area contributed by atoms with E-state index in [1.54, 1.807) is 24.1 Å². The van der Waals surface area contributed by atoms with E-state index in [0.29, 0.717) is 49.6 Å². The number of aromatic amines is 1. The number of hydrogen-bond donors (Lipinski definition) is 1. The van der Waals surface area contributed by atoms with Crippen LogP contribution in [0.4, 0.5) is 0 Å². The highest BCUT2D eigenvalue weighted by Crippen LogP contribution is 2.24. The van der Waals surface area contributed by atoms with Crippen molar-refractivity contribution in [1.29, 1.82) is 0 Å². The van der Waals surface area contributed by atoms with Crippen molar-refractivity contribution in [2.24, 2.45) is 0 Å². The van der Waals surface area contributed by atoms with Crippen LogP contribution in [0, 0.1) is 6.92 Å². The van der Waals surface area contributed by atoms with Gasteiger partial charge in [-0.05, 0) is 30.7 Å². The number of aryl methyl sites for hydroxylation is 1. The number of methoxy groups -OCH3 is 1. The molecule has 0 unspecified atom stereocenters. The van der Waals surface area contributed by atoms with Gasteiger partial charge in [0.15, 0.2) is 5.69 Å². The number of H-pyrrole nitrogens is 1. The fourth-order valence-corrected chi connectivity index (χ4v) is 4.79. The second-order valence-electron chi connectivity index (χ2n) is 9.29. The molecule has 3 heterocycles. The monoisotopic (exact) mass is 473 g/mol. The number of ether oxygens (including phenoxy) is 1. The number of hydrogen-bond acceptors (Lipinski definition) is 5. The van der Waals surface area contributed by atoms with E-state index >= 15 is 0 Å². The maximum atomic E-state index is 13.4. The Morgan fingerprint density at radius 2 is 1.74 bits per heavy atom. The second-order valence-corrected chi connectivity index (χ2v) is 9.29. The lowest BCUT2D eigenvalue weighted by Crippen LogP contribution is -2.48. The van der Waals surface area contributed by atoms with Crippen LogP contribution in [0.1, 0.15) is 43.2 Å². The zero-order valence-electron chi connectivity index (χ0n) is 20.3. The fourth-order valence-electron chi connectivity index (χ4n) is 4.79. The van der Waals surface area contributed by atoms with Crippen LogP contribution in [-0.4, -0.2) is 76.5 Å². The van der Waals surface area contributed by atoms with Gasteiger partial charge in [-0.2, -0.15) is 5.10 Å². The normalized spacial score (nSPS) is 16.2. The molecule has 0 bridgehead atoms. The first-order chi connectivity index (χ1) is 17.0. The third kappa shape index (κ3) is 4.93. The summed E-state index contributed by atoms with van der Waals surface area (Å²) in [5.74, 6) is 0.515. The molecular weight excluding hydrogens is 442 g/mol.